The van der Waals surface area contributed by atoms with Crippen LogP contribution in [0.1, 0.15) is 19.4 Å². The van der Waals surface area contributed by atoms with Crippen molar-refractivity contribution in [3.8, 4) is 0 Å². The minimum absolute atomic E-state index is 0.364. The maximum Gasteiger partial charge on any atom is 0.0234 e. The molecular weight excluding hydrogens is 276 g/mol. The van der Waals surface area contributed by atoms with Gasteiger partial charge in [-0.1, -0.05) is 41.9 Å². The highest BCUT2D eigenvalue weighted by atomic mass is 79.9. The van der Waals surface area contributed by atoms with Gasteiger partial charge in [0.15, 0.2) is 0 Å². The molecule has 17 heavy (non-hydrogen) atoms. The Morgan fingerprint density at radius 2 is 2.24 bits per heavy atom. The first-order valence-corrected chi connectivity index (χ1v) is 7.02. The summed E-state index contributed by atoms with van der Waals surface area (Å²) in [5, 5.41) is 3.51. The maximum absolute atomic E-state index is 3.53. The van der Waals surface area contributed by atoms with Gasteiger partial charge in [0.2, 0.25) is 0 Å². The number of nitrogens with zero attached hydrogens (tertiary/aromatic N) is 1. The lowest BCUT2D eigenvalue weighted by Gasteiger charge is -2.29. The molecule has 1 heterocycles. The van der Waals surface area contributed by atoms with Crippen molar-refractivity contribution in [2.24, 2.45) is 5.41 Å². The fourth-order valence-electron chi connectivity index (χ4n) is 2.43. The van der Waals surface area contributed by atoms with Gasteiger partial charge in [0.05, 0.1) is 0 Å². The average Bonchev–Trinajstić information content (AvgIpc) is 2.39. The van der Waals surface area contributed by atoms with Crippen LogP contribution < -0.4 is 5.32 Å². The van der Waals surface area contributed by atoms with Crippen LogP contribution in [-0.4, -0.2) is 31.1 Å². The van der Waals surface area contributed by atoms with E-state index in [1.54, 1.807) is 0 Å². The third-order valence-corrected chi connectivity index (χ3v) is 3.65. The molecule has 0 aliphatic carbocycles. The molecule has 1 saturated heterocycles. The summed E-state index contributed by atoms with van der Waals surface area (Å²) in [5.74, 6) is 0. The zero-order valence-electron chi connectivity index (χ0n) is 10.7. The number of hydrogen-bond acceptors (Lipinski definition) is 2. The van der Waals surface area contributed by atoms with E-state index in [1.165, 1.54) is 10.0 Å². The second-order valence-electron chi connectivity index (χ2n) is 5.68. The van der Waals surface area contributed by atoms with Crippen molar-refractivity contribution >= 4 is 15.9 Å². The molecule has 2 nitrogen and oxygen atoms in total. The quantitative estimate of drug-likeness (QED) is 0.903. The van der Waals surface area contributed by atoms with Crippen LogP contribution in [0.15, 0.2) is 28.7 Å². The van der Waals surface area contributed by atoms with Gasteiger partial charge in [0.1, 0.15) is 0 Å². The first-order chi connectivity index (χ1) is 8.05. The molecule has 0 aromatic heterocycles. The Balaban J connectivity index is 2.02. The summed E-state index contributed by atoms with van der Waals surface area (Å²) in [6.45, 7) is 10.2. The van der Waals surface area contributed by atoms with Crippen LogP contribution in [0.25, 0.3) is 0 Å². The van der Waals surface area contributed by atoms with E-state index < -0.39 is 0 Å². The topological polar surface area (TPSA) is 15.3 Å². The number of rotatable bonds is 2. The SMILES string of the molecule is CC1(C)CNCCN(Cc2cccc(Br)c2)C1. The van der Waals surface area contributed by atoms with Crippen molar-refractivity contribution in [1.29, 1.82) is 0 Å². The van der Waals surface area contributed by atoms with Gasteiger partial charge in [-0.15, -0.1) is 0 Å². The van der Waals surface area contributed by atoms with Gasteiger partial charge < -0.3 is 5.32 Å². The first kappa shape index (κ1) is 13.1. The van der Waals surface area contributed by atoms with Crippen molar-refractivity contribution < 1.29 is 0 Å². The maximum atomic E-state index is 3.53. The molecule has 0 radical (unpaired) electrons. The zero-order chi connectivity index (χ0) is 12.3. The molecule has 1 aromatic carbocycles. The van der Waals surface area contributed by atoms with Gasteiger partial charge in [-0.05, 0) is 23.1 Å². The molecule has 1 aliphatic heterocycles. The Morgan fingerprint density at radius 1 is 1.41 bits per heavy atom. The van der Waals surface area contributed by atoms with E-state index in [1.807, 2.05) is 0 Å². The minimum Gasteiger partial charge on any atom is -0.315 e. The second kappa shape index (κ2) is 5.51. The van der Waals surface area contributed by atoms with Crippen LogP contribution in [0.2, 0.25) is 0 Å². The van der Waals surface area contributed by atoms with Crippen molar-refractivity contribution in [2.45, 2.75) is 20.4 Å². The lowest BCUT2D eigenvalue weighted by Crippen LogP contribution is -2.34. The van der Waals surface area contributed by atoms with Crippen LogP contribution in [0, 0.1) is 5.41 Å². The molecule has 94 valence electrons. The Hall–Kier alpha value is -0.380. The Kier molecular flexibility index (Phi) is 4.23. The molecular formula is C14H21BrN2. The predicted molar refractivity (Wildman–Crippen MR) is 76.1 cm³/mol. The van der Waals surface area contributed by atoms with Crippen LogP contribution in [-0.2, 0) is 6.54 Å². The fraction of sp³-hybridized carbons (Fsp3) is 0.571. The molecule has 1 N–H and O–H groups in total. The molecule has 0 spiro atoms. The zero-order valence-corrected chi connectivity index (χ0v) is 12.3. The predicted octanol–water partition coefficient (Wildman–Crippen LogP) is 2.88. The number of hydrogen-bond donors (Lipinski definition) is 1. The van der Waals surface area contributed by atoms with Crippen molar-refractivity contribution in [3.05, 3.63) is 34.3 Å². The largest absolute Gasteiger partial charge is 0.315 e. The highest BCUT2D eigenvalue weighted by Crippen LogP contribution is 2.20. The summed E-state index contributed by atoms with van der Waals surface area (Å²) in [5.41, 5.74) is 1.75. The Morgan fingerprint density at radius 3 is 3.00 bits per heavy atom. The molecule has 1 aliphatic rings. The van der Waals surface area contributed by atoms with Crippen molar-refractivity contribution in [2.75, 3.05) is 26.2 Å². The smallest absolute Gasteiger partial charge is 0.0234 e. The lowest BCUT2D eigenvalue weighted by molar-refractivity contribution is 0.200. The van der Waals surface area contributed by atoms with Crippen LogP contribution in [0.5, 0.6) is 0 Å². The van der Waals surface area contributed by atoms with E-state index in [0.717, 1.165) is 32.7 Å². The number of halogens is 1. The highest BCUT2D eigenvalue weighted by Gasteiger charge is 2.24. The third-order valence-electron chi connectivity index (χ3n) is 3.16. The van der Waals surface area contributed by atoms with Crippen LogP contribution >= 0.6 is 15.9 Å². The van der Waals surface area contributed by atoms with Gasteiger partial charge in [-0.25, -0.2) is 0 Å². The highest BCUT2D eigenvalue weighted by molar-refractivity contribution is 9.10. The number of benzene rings is 1. The summed E-state index contributed by atoms with van der Waals surface area (Å²) < 4.78 is 1.17. The lowest BCUT2D eigenvalue weighted by atomic mass is 9.93. The summed E-state index contributed by atoms with van der Waals surface area (Å²) >= 11 is 3.53. The average molecular weight is 297 g/mol. The second-order valence-corrected chi connectivity index (χ2v) is 6.60. The number of nitrogens with one attached hydrogen (secondary N) is 1. The summed E-state index contributed by atoms with van der Waals surface area (Å²) in [6, 6.07) is 8.61. The van der Waals surface area contributed by atoms with Gasteiger partial charge in [0, 0.05) is 37.2 Å². The Labute approximate surface area is 113 Å². The normalized spacial score (nSPS) is 21.1. The van der Waals surface area contributed by atoms with E-state index >= 15 is 0 Å². The van der Waals surface area contributed by atoms with Crippen molar-refractivity contribution in [1.82, 2.24) is 10.2 Å². The molecule has 1 aromatic rings. The van der Waals surface area contributed by atoms with Crippen LogP contribution in [0.4, 0.5) is 0 Å². The first-order valence-electron chi connectivity index (χ1n) is 6.23. The van der Waals surface area contributed by atoms with Crippen LogP contribution in [0.3, 0.4) is 0 Å². The molecule has 3 heteroatoms. The van der Waals surface area contributed by atoms with Crippen molar-refractivity contribution in [3.63, 3.8) is 0 Å². The van der Waals surface area contributed by atoms with E-state index in [0.29, 0.717) is 5.41 Å². The molecule has 0 saturated carbocycles. The molecule has 2 rings (SSSR count). The Bertz CT molecular complexity index is 376. The summed E-state index contributed by atoms with van der Waals surface area (Å²) in [6.07, 6.45) is 0. The standard InChI is InChI=1S/C14H21BrN2/c1-14(2)10-16-6-7-17(11-14)9-12-4-3-5-13(15)8-12/h3-5,8,16H,6-7,9-11H2,1-2H3. The molecule has 0 atom stereocenters. The molecule has 0 amide bonds. The molecule has 0 unspecified atom stereocenters. The summed E-state index contributed by atoms with van der Waals surface area (Å²) in [7, 11) is 0. The van der Waals surface area contributed by atoms with E-state index in [-0.39, 0.29) is 0 Å². The van der Waals surface area contributed by atoms with E-state index in [9.17, 15) is 0 Å². The van der Waals surface area contributed by atoms with Gasteiger partial charge in [-0.3, -0.25) is 4.90 Å². The fourth-order valence-corrected chi connectivity index (χ4v) is 2.88. The molecule has 1 fully saturated rings. The van der Waals surface area contributed by atoms with E-state index in [4.69, 9.17) is 0 Å². The molecule has 0 bridgehead atoms. The minimum atomic E-state index is 0.364. The van der Waals surface area contributed by atoms with Gasteiger partial charge >= 0.3 is 0 Å². The van der Waals surface area contributed by atoms with Gasteiger partial charge in [-0.2, -0.15) is 0 Å². The van der Waals surface area contributed by atoms with E-state index in [2.05, 4.69) is 64.3 Å². The summed E-state index contributed by atoms with van der Waals surface area (Å²) in [4.78, 5) is 2.54. The van der Waals surface area contributed by atoms with Gasteiger partial charge in [0.25, 0.3) is 0 Å². The monoisotopic (exact) mass is 296 g/mol. The third kappa shape index (κ3) is 4.09.